The van der Waals surface area contributed by atoms with Crippen molar-refractivity contribution >= 4 is 11.9 Å². The van der Waals surface area contributed by atoms with Crippen molar-refractivity contribution in [2.45, 2.75) is 33.1 Å². The van der Waals surface area contributed by atoms with Gasteiger partial charge >= 0.3 is 11.9 Å². The number of carboxylic acid groups (broad SMARTS) is 1. The van der Waals surface area contributed by atoms with Crippen LogP contribution in [0.1, 0.15) is 33.1 Å². The number of carbonyl (C=O) groups is 2. The number of esters is 1. The molecule has 0 radical (unpaired) electrons. The quantitative estimate of drug-likeness (QED) is 0.685. The van der Waals surface area contributed by atoms with E-state index in [1.54, 1.807) is 13.8 Å². The van der Waals surface area contributed by atoms with Crippen molar-refractivity contribution in [2.75, 3.05) is 7.11 Å². The SMILES string of the molecule is COC(=O)C1(C)CCC(C)(C(=O)O)C1. The summed E-state index contributed by atoms with van der Waals surface area (Å²) in [7, 11) is 1.34. The number of methoxy groups -OCH3 is 1. The van der Waals surface area contributed by atoms with Crippen molar-refractivity contribution in [1.82, 2.24) is 0 Å². The van der Waals surface area contributed by atoms with Crippen molar-refractivity contribution in [3.05, 3.63) is 0 Å². The van der Waals surface area contributed by atoms with Gasteiger partial charge in [0.2, 0.25) is 0 Å². The van der Waals surface area contributed by atoms with Gasteiger partial charge in [0.1, 0.15) is 0 Å². The second-order valence-electron chi connectivity index (χ2n) is 4.59. The molecule has 0 aromatic rings. The van der Waals surface area contributed by atoms with Gasteiger partial charge in [-0.3, -0.25) is 9.59 Å². The summed E-state index contributed by atoms with van der Waals surface area (Å²) < 4.78 is 4.68. The van der Waals surface area contributed by atoms with Gasteiger partial charge in [0, 0.05) is 0 Å². The van der Waals surface area contributed by atoms with E-state index in [2.05, 4.69) is 4.74 Å². The van der Waals surface area contributed by atoms with Crippen LogP contribution in [0.2, 0.25) is 0 Å². The van der Waals surface area contributed by atoms with E-state index in [0.29, 0.717) is 19.3 Å². The van der Waals surface area contributed by atoms with Crippen LogP contribution < -0.4 is 0 Å². The highest BCUT2D eigenvalue weighted by Crippen LogP contribution is 2.49. The molecule has 1 fully saturated rings. The second kappa shape index (κ2) is 3.26. The predicted octanol–water partition coefficient (Wildman–Crippen LogP) is 1.44. The lowest BCUT2D eigenvalue weighted by atomic mass is 9.82. The van der Waals surface area contributed by atoms with Crippen LogP contribution in [0.5, 0.6) is 0 Å². The number of carboxylic acids is 1. The molecule has 0 spiro atoms. The molecule has 1 aliphatic carbocycles. The zero-order valence-electron chi connectivity index (χ0n) is 8.79. The molecule has 0 heterocycles. The van der Waals surface area contributed by atoms with Crippen LogP contribution >= 0.6 is 0 Å². The lowest BCUT2D eigenvalue weighted by Crippen LogP contribution is -2.31. The number of hydrogen-bond donors (Lipinski definition) is 1. The molecule has 4 nitrogen and oxygen atoms in total. The van der Waals surface area contributed by atoms with Crippen LogP contribution in [0.3, 0.4) is 0 Å². The molecule has 80 valence electrons. The summed E-state index contributed by atoms with van der Waals surface area (Å²) in [6, 6.07) is 0. The van der Waals surface area contributed by atoms with Crippen LogP contribution in [0.25, 0.3) is 0 Å². The van der Waals surface area contributed by atoms with E-state index >= 15 is 0 Å². The van der Waals surface area contributed by atoms with E-state index in [9.17, 15) is 9.59 Å². The van der Waals surface area contributed by atoms with Gasteiger partial charge in [-0.2, -0.15) is 0 Å². The molecule has 1 rings (SSSR count). The number of ether oxygens (including phenoxy) is 1. The second-order valence-corrected chi connectivity index (χ2v) is 4.59. The Morgan fingerprint density at radius 3 is 2.07 bits per heavy atom. The average molecular weight is 200 g/mol. The maximum Gasteiger partial charge on any atom is 0.311 e. The van der Waals surface area contributed by atoms with Gasteiger partial charge in [0.15, 0.2) is 0 Å². The fourth-order valence-corrected chi connectivity index (χ4v) is 2.19. The summed E-state index contributed by atoms with van der Waals surface area (Å²) >= 11 is 0. The minimum atomic E-state index is -0.829. The molecule has 4 heteroatoms. The van der Waals surface area contributed by atoms with E-state index in [0.717, 1.165) is 0 Å². The van der Waals surface area contributed by atoms with Crippen molar-refractivity contribution in [1.29, 1.82) is 0 Å². The standard InChI is InChI=1S/C10H16O4/c1-9(7(11)12)4-5-10(2,6-9)8(13)14-3/h4-6H2,1-3H3,(H,11,12). The lowest BCUT2D eigenvalue weighted by molar-refractivity contribution is -0.153. The maximum absolute atomic E-state index is 11.4. The monoisotopic (exact) mass is 200 g/mol. The van der Waals surface area contributed by atoms with Crippen molar-refractivity contribution in [3.8, 4) is 0 Å². The van der Waals surface area contributed by atoms with E-state index in [1.165, 1.54) is 7.11 Å². The zero-order chi connectivity index (χ0) is 11.0. The molecule has 14 heavy (non-hydrogen) atoms. The smallest absolute Gasteiger partial charge is 0.311 e. The van der Waals surface area contributed by atoms with Gasteiger partial charge in [-0.05, 0) is 33.1 Å². The summed E-state index contributed by atoms with van der Waals surface area (Å²) in [5.74, 6) is -1.13. The first-order chi connectivity index (χ1) is 6.34. The van der Waals surface area contributed by atoms with Crippen molar-refractivity contribution < 1.29 is 19.4 Å². The number of hydrogen-bond acceptors (Lipinski definition) is 3. The minimum absolute atomic E-state index is 0.303. The zero-order valence-corrected chi connectivity index (χ0v) is 8.79. The van der Waals surface area contributed by atoms with Gasteiger partial charge in [0.05, 0.1) is 17.9 Å². The molecule has 0 saturated heterocycles. The number of rotatable bonds is 2. The third kappa shape index (κ3) is 1.61. The van der Waals surface area contributed by atoms with Crippen molar-refractivity contribution in [2.24, 2.45) is 10.8 Å². The van der Waals surface area contributed by atoms with Crippen LogP contribution in [-0.2, 0) is 14.3 Å². The molecule has 0 aromatic carbocycles. The molecule has 2 unspecified atom stereocenters. The average Bonchev–Trinajstić information content (AvgIpc) is 2.44. The van der Waals surface area contributed by atoms with E-state index < -0.39 is 16.8 Å². The van der Waals surface area contributed by atoms with Gasteiger partial charge in [0.25, 0.3) is 0 Å². The Labute approximate surface area is 83.2 Å². The van der Waals surface area contributed by atoms with Crippen LogP contribution in [-0.4, -0.2) is 24.2 Å². The molecule has 0 bridgehead atoms. The molecule has 1 saturated carbocycles. The largest absolute Gasteiger partial charge is 0.481 e. The van der Waals surface area contributed by atoms with E-state index in [-0.39, 0.29) is 5.97 Å². The summed E-state index contributed by atoms with van der Waals surface area (Å²) in [4.78, 5) is 22.4. The first-order valence-electron chi connectivity index (χ1n) is 4.66. The summed E-state index contributed by atoms with van der Waals surface area (Å²) in [5, 5.41) is 9.01. The third-order valence-electron chi connectivity index (χ3n) is 3.20. The number of carbonyl (C=O) groups excluding carboxylic acids is 1. The minimum Gasteiger partial charge on any atom is -0.481 e. The molecular weight excluding hydrogens is 184 g/mol. The topological polar surface area (TPSA) is 63.6 Å². The Morgan fingerprint density at radius 1 is 1.21 bits per heavy atom. The molecule has 0 amide bonds. The highest BCUT2D eigenvalue weighted by molar-refractivity contribution is 5.81. The normalized spacial score (nSPS) is 36.8. The first kappa shape index (κ1) is 11.0. The molecular formula is C10H16O4. The van der Waals surface area contributed by atoms with Crippen molar-refractivity contribution in [3.63, 3.8) is 0 Å². The Balaban J connectivity index is 2.83. The van der Waals surface area contributed by atoms with Gasteiger partial charge < -0.3 is 9.84 Å². The molecule has 1 aliphatic rings. The molecule has 1 N–H and O–H groups in total. The van der Waals surface area contributed by atoms with Crippen LogP contribution in [0, 0.1) is 10.8 Å². The van der Waals surface area contributed by atoms with E-state index in [1.807, 2.05) is 0 Å². The summed E-state index contributed by atoms with van der Waals surface area (Å²) in [6.07, 6.45) is 1.48. The predicted molar refractivity (Wildman–Crippen MR) is 49.7 cm³/mol. The fourth-order valence-electron chi connectivity index (χ4n) is 2.19. The third-order valence-corrected chi connectivity index (χ3v) is 3.20. The van der Waals surface area contributed by atoms with Gasteiger partial charge in [-0.25, -0.2) is 0 Å². The van der Waals surface area contributed by atoms with Gasteiger partial charge in [-0.1, -0.05) is 0 Å². The Hall–Kier alpha value is -1.06. The number of aliphatic carboxylic acids is 1. The Morgan fingerprint density at radius 2 is 1.71 bits per heavy atom. The summed E-state index contributed by atoms with van der Waals surface area (Å²) in [6.45, 7) is 3.45. The molecule has 2 atom stereocenters. The van der Waals surface area contributed by atoms with Gasteiger partial charge in [-0.15, -0.1) is 0 Å². The Kier molecular flexibility index (Phi) is 2.56. The molecule has 0 aliphatic heterocycles. The summed E-state index contributed by atoms with van der Waals surface area (Å²) in [5.41, 5.74) is -1.40. The highest BCUT2D eigenvalue weighted by Gasteiger charge is 2.51. The lowest BCUT2D eigenvalue weighted by Gasteiger charge is -2.23. The maximum atomic E-state index is 11.4. The molecule has 0 aromatic heterocycles. The van der Waals surface area contributed by atoms with E-state index in [4.69, 9.17) is 5.11 Å². The van der Waals surface area contributed by atoms with Crippen LogP contribution in [0.15, 0.2) is 0 Å². The first-order valence-corrected chi connectivity index (χ1v) is 4.66. The fraction of sp³-hybridized carbons (Fsp3) is 0.800. The van der Waals surface area contributed by atoms with Crippen LogP contribution in [0.4, 0.5) is 0 Å². The Bertz CT molecular complexity index is 273. The highest BCUT2D eigenvalue weighted by atomic mass is 16.5.